The highest BCUT2D eigenvalue weighted by atomic mass is 79.9. The largest absolute Gasteiger partial charge is 0.392 e. The van der Waals surface area contributed by atoms with Gasteiger partial charge in [-0.2, -0.15) is 0 Å². The van der Waals surface area contributed by atoms with Crippen LogP contribution in [0.25, 0.3) is 0 Å². The number of rotatable bonds is 4. The van der Waals surface area contributed by atoms with Crippen molar-refractivity contribution < 1.29 is 9.50 Å². The number of hydrogen-bond donors (Lipinski definition) is 1. The third-order valence-electron chi connectivity index (χ3n) is 3.85. The van der Waals surface area contributed by atoms with E-state index in [1.807, 2.05) is 32.0 Å². The van der Waals surface area contributed by atoms with Gasteiger partial charge in [0.05, 0.1) is 6.10 Å². The predicted octanol–water partition coefficient (Wildman–Crippen LogP) is 5.12. The monoisotopic (exact) mass is 370 g/mol. The lowest BCUT2D eigenvalue weighted by Crippen LogP contribution is -2.35. The predicted molar refractivity (Wildman–Crippen MR) is 88.3 cm³/mol. The van der Waals surface area contributed by atoms with Crippen molar-refractivity contribution in [2.75, 3.05) is 0 Å². The number of hydrogen-bond acceptors (Lipinski definition) is 1. The molecule has 0 radical (unpaired) electrons. The summed E-state index contributed by atoms with van der Waals surface area (Å²) in [6.45, 7) is 3.88. The van der Waals surface area contributed by atoms with E-state index in [-0.39, 0.29) is 5.82 Å². The Morgan fingerprint density at radius 2 is 1.81 bits per heavy atom. The van der Waals surface area contributed by atoms with Crippen LogP contribution in [0.15, 0.2) is 46.9 Å². The maximum Gasteiger partial charge on any atom is 0.123 e. The topological polar surface area (TPSA) is 20.2 Å². The third kappa shape index (κ3) is 3.85. The fraction of sp³-hybridized carbons (Fsp3) is 0.294. The van der Waals surface area contributed by atoms with Crippen molar-refractivity contribution in [1.82, 2.24) is 0 Å². The molecule has 2 rings (SSSR count). The molecule has 2 aromatic rings. The van der Waals surface area contributed by atoms with E-state index in [1.54, 1.807) is 12.1 Å². The van der Waals surface area contributed by atoms with E-state index in [9.17, 15) is 9.50 Å². The molecule has 0 spiro atoms. The highest BCUT2D eigenvalue weighted by Crippen LogP contribution is 2.31. The second-order valence-corrected chi connectivity index (χ2v) is 7.01. The van der Waals surface area contributed by atoms with Gasteiger partial charge in [-0.05, 0) is 35.4 Å². The van der Waals surface area contributed by atoms with Crippen molar-refractivity contribution in [3.05, 3.63) is 68.9 Å². The lowest BCUT2D eigenvalue weighted by molar-refractivity contribution is 0.0999. The summed E-state index contributed by atoms with van der Waals surface area (Å²) < 4.78 is 13.9. The van der Waals surface area contributed by atoms with Crippen LogP contribution in [0.3, 0.4) is 0 Å². The smallest absolute Gasteiger partial charge is 0.123 e. The summed E-state index contributed by atoms with van der Waals surface area (Å²) in [6.07, 6.45) is -0.183. The molecule has 4 heteroatoms. The standard InChI is InChI=1S/C17H17BrClFO/c1-17(2,12-4-7-14(20)8-5-12)16(21)9-11-3-6-13(18)10-15(11)19/h3-8,10,16,21H,9H2,1-2H3. The molecule has 1 nitrogen and oxygen atoms in total. The Bertz CT molecular complexity index is 625. The number of benzene rings is 2. The van der Waals surface area contributed by atoms with Crippen LogP contribution in [-0.2, 0) is 11.8 Å². The zero-order chi connectivity index (χ0) is 15.6. The van der Waals surface area contributed by atoms with Gasteiger partial charge in [-0.25, -0.2) is 4.39 Å². The van der Waals surface area contributed by atoms with Gasteiger partial charge in [0, 0.05) is 21.3 Å². The minimum atomic E-state index is -0.623. The van der Waals surface area contributed by atoms with Crippen molar-refractivity contribution in [3.8, 4) is 0 Å². The quantitative estimate of drug-likeness (QED) is 0.790. The molecule has 0 saturated heterocycles. The van der Waals surface area contributed by atoms with Crippen molar-refractivity contribution in [2.24, 2.45) is 0 Å². The van der Waals surface area contributed by atoms with Gasteiger partial charge in [-0.15, -0.1) is 0 Å². The Morgan fingerprint density at radius 1 is 1.19 bits per heavy atom. The second-order valence-electron chi connectivity index (χ2n) is 5.68. The van der Waals surface area contributed by atoms with Crippen molar-refractivity contribution in [1.29, 1.82) is 0 Å². The molecule has 21 heavy (non-hydrogen) atoms. The highest BCUT2D eigenvalue weighted by Gasteiger charge is 2.30. The summed E-state index contributed by atoms with van der Waals surface area (Å²) in [6, 6.07) is 11.9. The molecule has 0 bridgehead atoms. The first kappa shape index (κ1) is 16.5. The molecule has 0 aliphatic rings. The average Bonchev–Trinajstić information content (AvgIpc) is 2.42. The minimum absolute atomic E-state index is 0.278. The molecule has 1 N–H and O–H groups in total. The Morgan fingerprint density at radius 3 is 2.38 bits per heavy atom. The lowest BCUT2D eigenvalue weighted by atomic mass is 9.77. The van der Waals surface area contributed by atoms with Gasteiger partial charge in [0.15, 0.2) is 0 Å². The summed E-state index contributed by atoms with van der Waals surface area (Å²) in [5.74, 6) is -0.278. The molecule has 0 saturated carbocycles. The molecule has 2 aromatic carbocycles. The summed E-state index contributed by atoms with van der Waals surface area (Å²) >= 11 is 9.56. The van der Waals surface area contributed by atoms with Crippen LogP contribution in [0.5, 0.6) is 0 Å². The molecule has 0 fully saturated rings. The summed E-state index contributed by atoms with van der Waals surface area (Å²) in [5.41, 5.74) is 1.29. The van der Waals surface area contributed by atoms with Gasteiger partial charge >= 0.3 is 0 Å². The Labute approximate surface area is 137 Å². The van der Waals surface area contributed by atoms with Gasteiger partial charge in [0.25, 0.3) is 0 Å². The first-order valence-corrected chi connectivity index (χ1v) is 7.86. The number of aliphatic hydroxyl groups excluding tert-OH is 1. The fourth-order valence-electron chi connectivity index (χ4n) is 2.22. The van der Waals surface area contributed by atoms with Gasteiger partial charge in [-0.1, -0.05) is 59.6 Å². The van der Waals surface area contributed by atoms with E-state index in [4.69, 9.17) is 11.6 Å². The minimum Gasteiger partial charge on any atom is -0.392 e. The summed E-state index contributed by atoms with van der Waals surface area (Å²) in [4.78, 5) is 0. The molecular formula is C17H17BrClFO. The molecule has 0 amide bonds. The third-order valence-corrected chi connectivity index (χ3v) is 4.69. The van der Waals surface area contributed by atoms with Crippen LogP contribution in [0.2, 0.25) is 5.02 Å². The van der Waals surface area contributed by atoms with E-state index in [0.29, 0.717) is 11.4 Å². The van der Waals surface area contributed by atoms with E-state index >= 15 is 0 Å². The van der Waals surface area contributed by atoms with Crippen LogP contribution < -0.4 is 0 Å². The van der Waals surface area contributed by atoms with Crippen LogP contribution in [0.4, 0.5) is 4.39 Å². The fourth-order valence-corrected chi connectivity index (χ4v) is 2.97. The zero-order valence-electron chi connectivity index (χ0n) is 11.9. The maximum atomic E-state index is 13.0. The van der Waals surface area contributed by atoms with E-state index in [1.165, 1.54) is 12.1 Å². The Balaban J connectivity index is 2.21. The maximum absolute atomic E-state index is 13.0. The van der Waals surface area contributed by atoms with Gasteiger partial charge in [0.2, 0.25) is 0 Å². The lowest BCUT2D eigenvalue weighted by Gasteiger charge is -2.31. The molecule has 1 unspecified atom stereocenters. The highest BCUT2D eigenvalue weighted by molar-refractivity contribution is 9.10. The van der Waals surface area contributed by atoms with E-state index in [2.05, 4.69) is 15.9 Å². The molecular weight excluding hydrogens is 355 g/mol. The summed E-state index contributed by atoms with van der Waals surface area (Å²) in [7, 11) is 0. The number of halogens is 3. The van der Waals surface area contributed by atoms with Crippen LogP contribution in [-0.4, -0.2) is 11.2 Å². The Kier molecular flexibility index (Phi) is 5.07. The van der Waals surface area contributed by atoms with Crippen LogP contribution in [0, 0.1) is 5.82 Å². The molecule has 0 aliphatic heterocycles. The van der Waals surface area contributed by atoms with E-state index in [0.717, 1.165) is 15.6 Å². The van der Waals surface area contributed by atoms with E-state index < -0.39 is 11.5 Å². The Hall–Kier alpha value is -0.900. The van der Waals surface area contributed by atoms with Gasteiger partial charge in [-0.3, -0.25) is 0 Å². The molecule has 0 heterocycles. The van der Waals surface area contributed by atoms with Gasteiger partial charge in [0.1, 0.15) is 5.82 Å². The first-order chi connectivity index (χ1) is 9.80. The SMILES string of the molecule is CC(C)(c1ccc(F)cc1)C(O)Cc1ccc(Br)cc1Cl. The van der Waals surface area contributed by atoms with Crippen molar-refractivity contribution in [2.45, 2.75) is 31.8 Å². The first-order valence-electron chi connectivity index (χ1n) is 6.69. The van der Waals surface area contributed by atoms with Gasteiger partial charge < -0.3 is 5.11 Å². The molecule has 0 aromatic heterocycles. The zero-order valence-corrected chi connectivity index (χ0v) is 14.2. The van der Waals surface area contributed by atoms with Crippen molar-refractivity contribution in [3.63, 3.8) is 0 Å². The molecule has 112 valence electrons. The normalized spacial score (nSPS) is 13.2. The van der Waals surface area contributed by atoms with Crippen LogP contribution in [0.1, 0.15) is 25.0 Å². The number of aliphatic hydroxyl groups is 1. The average molecular weight is 372 g/mol. The molecule has 0 aliphatic carbocycles. The van der Waals surface area contributed by atoms with Crippen molar-refractivity contribution >= 4 is 27.5 Å². The molecule has 1 atom stereocenters. The second kappa shape index (κ2) is 6.47. The van der Waals surface area contributed by atoms with Crippen LogP contribution >= 0.6 is 27.5 Å². The summed E-state index contributed by atoms with van der Waals surface area (Å²) in [5, 5.41) is 11.2.